The Hall–Kier alpha value is -3.43. The topological polar surface area (TPSA) is 172 Å². The Balaban J connectivity index is 1.34. The average Bonchev–Trinajstić information content (AvgIpc) is 3.69. The molecule has 1 saturated heterocycles. The Labute approximate surface area is 248 Å². The summed E-state index contributed by atoms with van der Waals surface area (Å²) in [4.78, 5) is 55.8. The van der Waals surface area contributed by atoms with Crippen molar-refractivity contribution in [3.05, 3.63) is 24.0 Å². The second-order valence-corrected chi connectivity index (χ2v) is 14.3. The fourth-order valence-corrected chi connectivity index (χ4v) is 7.03. The first-order valence-corrected chi connectivity index (χ1v) is 16.2. The lowest BCUT2D eigenvalue weighted by molar-refractivity contribution is -0.141. The molecule has 5 rings (SSSR count). The summed E-state index contributed by atoms with van der Waals surface area (Å²) in [6, 6.07) is -1.92. The number of halogens is 2. The molecule has 3 N–H and O–H groups in total. The largest absolute Gasteiger partial charge is 0.339 e. The number of nitrogens with one attached hydrogen (secondary N) is 3. The van der Waals surface area contributed by atoms with E-state index in [4.69, 9.17) is 0 Å². The Bertz CT molecular complexity index is 1410. The van der Waals surface area contributed by atoms with Gasteiger partial charge in [-0.1, -0.05) is 25.0 Å². The first-order chi connectivity index (χ1) is 20.3. The molecule has 0 bridgehead atoms. The number of hydrogen-bond acceptors (Lipinski definition) is 8. The van der Waals surface area contributed by atoms with E-state index in [1.54, 1.807) is 6.92 Å². The van der Waals surface area contributed by atoms with E-state index in [1.165, 1.54) is 4.90 Å². The molecule has 0 aromatic carbocycles. The van der Waals surface area contributed by atoms with Crippen LogP contribution in [0.1, 0.15) is 81.6 Å². The van der Waals surface area contributed by atoms with Crippen molar-refractivity contribution in [2.45, 2.75) is 106 Å². The molecule has 3 fully saturated rings. The van der Waals surface area contributed by atoms with E-state index in [2.05, 4.69) is 25.6 Å². The van der Waals surface area contributed by atoms with E-state index >= 15 is 0 Å². The predicted octanol–water partition coefficient (Wildman–Crippen LogP) is 1.03. The minimum absolute atomic E-state index is 0.215. The van der Waals surface area contributed by atoms with Crippen molar-refractivity contribution >= 4 is 33.7 Å². The molecule has 1 aromatic rings. The molecule has 4 amide bonds. The van der Waals surface area contributed by atoms with E-state index in [0.717, 1.165) is 19.0 Å². The number of nitrogens with zero attached hydrogens (tertiary/aromatic N) is 4. The highest BCUT2D eigenvalue weighted by atomic mass is 32.2. The van der Waals surface area contributed by atoms with Crippen molar-refractivity contribution in [2.24, 2.45) is 5.92 Å². The van der Waals surface area contributed by atoms with Gasteiger partial charge in [-0.3, -0.25) is 23.9 Å². The van der Waals surface area contributed by atoms with E-state index in [-0.39, 0.29) is 31.0 Å². The summed E-state index contributed by atoms with van der Waals surface area (Å²) in [5, 5.41) is 12.9. The Morgan fingerprint density at radius 1 is 1.16 bits per heavy atom. The first kappa shape index (κ1) is 31.0. The maximum atomic E-state index is 13.8. The normalized spacial score (nSPS) is 29.9. The zero-order chi connectivity index (χ0) is 31.0. The summed E-state index contributed by atoms with van der Waals surface area (Å²) < 4.78 is 52.2. The van der Waals surface area contributed by atoms with Gasteiger partial charge in [-0.25, -0.2) is 17.2 Å². The van der Waals surface area contributed by atoms with Crippen LogP contribution in [0.15, 0.2) is 18.3 Å². The van der Waals surface area contributed by atoms with Crippen molar-refractivity contribution in [2.75, 3.05) is 6.54 Å². The highest BCUT2D eigenvalue weighted by Crippen LogP contribution is 2.47. The van der Waals surface area contributed by atoms with Crippen molar-refractivity contribution < 1.29 is 36.4 Å². The average molecular weight is 626 g/mol. The molecule has 4 atom stereocenters. The number of aromatic nitrogens is 3. The molecule has 3 heterocycles. The molecule has 2 aliphatic carbocycles. The van der Waals surface area contributed by atoms with Gasteiger partial charge in [0, 0.05) is 12.5 Å². The van der Waals surface area contributed by atoms with Crippen LogP contribution in [0.2, 0.25) is 0 Å². The lowest BCUT2D eigenvalue weighted by atomic mass is 10.0. The first-order valence-electron chi connectivity index (χ1n) is 14.7. The SMILES string of the molecule is CC1(S(=O)(=O)NC(=O)[C@@]23CC2/C=C\CCCCC[C@H](NC(=O)c2cnn(CC(F)F)n2)C(=O)N2CCCC2C(=O)N3)CC1. The molecule has 1 aromatic heterocycles. The second-order valence-electron chi connectivity index (χ2n) is 12.1. The van der Waals surface area contributed by atoms with E-state index in [0.29, 0.717) is 43.3 Å². The lowest BCUT2D eigenvalue weighted by Gasteiger charge is -2.30. The number of rotatable bonds is 7. The van der Waals surface area contributed by atoms with Gasteiger partial charge >= 0.3 is 0 Å². The Kier molecular flexibility index (Phi) is 8.60. The third-order valence-electron chi connectivity index (χ3n) is 8.84. The number of amides is 4. The summed E-state index contributed by atoms with van der Waals surface area (Å²) in [5.74, 6) is -2.97. The standard InChI is InChI=1S/C27H37F2N7O6S/c1-26(11-12-26)43(41,42)34-25(40)27-14-17(27)8-5-3-2-4-6-9-18(24(39)35-13-7-10-20(35)23(38)32-27)31-22(37)19-15-30-36(33-19)16-21(28)29/h5,8,15,17-18,20-21H,2-4,6-7,9-14,16H2,1H3,(H,31,37)(H,32,38)(H,34,40)/b8-5-/t17?,18-,20?,27+/m0/s1. The number of carbonyl (C=O) groups excluding carboxylic acids is 4. The summed E-state index contributed by atoms with van der Waals surface area (Å²) in [5.41, 5.74) is -1.66. The van der Waals surface area contributed by atoms with Gasteiger partial charge in [-0.2, -0.15) is 9.90 Å². The van der Waals surface area contributed by atoms with Crippen LogP contribution in [0.5, 0.6) is 0 Å². The maximum absolute atomic E-state index is 13.8. The Morgan fingerprint density at radius 3 is 2.65 bits per heavy atom. The zero-order valence-corrected chi connectivity index (χ0v) is 24.7. The number of fused-ring (bicyclic) bond motifs is 2. The second kappa shape index (κ2) is 11.9. The summed E-state index contributed by atoms with van der Waals surface area (Å²) in [6.45, 7) is 1.05. The van der Waals surface area contributed by atoms with E-state index < -0.39 is 69.0 Å². The number of hydrogen-bond donors (Lipinski definition) is 3. The van der Waals surface area contributed by atoms with Crippen molar-refractivity contribution in [3.63, 3.8) is 0 Å². The van der Waals surface area contributed by atoms with Crippen LogP contribution >= 0.6 is 0 Å². The molecule has 43 heavy (non-hydrogen) atoms. The van der Waals surface area contributed by atoms with Gasteiger partial charge in [0.05, 0.1) is 10.9 Å². The van der Waals surface area contributed by atoms with Gasteiger partial charge in [0.25, 0.3) is 18.2 Å². The highest BCUT2D eigenvalue weighted by molar-refractivity contribution is 7.91. The minimum Gasteiger partial charge on any atom is -0.339 e. The molecule has 236 valence electrons. The molecule has 4 aliphatic rings. The molecular weight excluding hydrogens is 588 g/mol. The molecule has 16 heteroatoms. The molecule has 2 unspecified atom stereocenters. The van der Waals surface area contributed by atoms with Crippen LogP contribution < -0.4 is 15.4 Å². The van der Waals surface area contributed by atoms with Gasteiger partial charge in [-0.15, -0.1) is 5.10 Å². The van der Waals surface area contributed by atoms with Crippen molar-refractivity contribution in [1.82, 2.24) is 35.2 Å². The number of allylic oxidation sites excluding steroid dienone is 1. The van der Waals surface area contributed by atoms with E-state index in [9.17, 15) is 36.4 Å². The van der Waals surface area contributed by atoms with Crippen LogP contribution in [0, 0.1) is 5.92 Å². The van der Waals surface area contributed by atoms with Gasteiger partial charge < -0.3 is 15.5 Å². The molecular formula is C27H37F2N7O6S. The van der Waals surface area contributed by atoms with Gasteiger partial charge in [0.2, 0.25) is 21.8 Å². The summed E-state index contributed by atoms with van der Waals surface area (Å²) >= 11 is 0. The molecule has 2 saturated carbocycles. The summed E-state index contributed by atoms with van der Waals surface area (Å²) in [7, 11) is -3.93. The van der Waals surface area contributed by atoms with Crippen LogP contribution in [0.3, 0.4) is 0 Å². The van der Waals surface area contributed by atoms with Crippen molar-refractivity contribution in [3.8, 4) is 0 Å². The number of carbonyl (C=O) groups is 4. The smallest absolute Gasteiger partial charge is 0.274 e. The number of sulfonamides is 1. The quantitative estimate of drug-likeness (QED) is 0.377. The lowest BCUT2D eigenvalue weighted by Crippen LogP contribution is -2.58. The molecule has 2 aliphatic heterocycles. The van der Waals surface area contributed by atoms with Crippen LogP contribution in [-0.4, -0.2) is 87.3 Å². The number of alkyl halides is 2. The van der Waals surface area contributed by atoms with Crippen LogP contribution in [0.25, 0.3) is 0 Å². The van der Waals surface area contributed by atoms with Gasteiger partial charge in [0.15, 0.2) is 5.69 Å². The highest BCUT2D eigenvalue weighted by Gasteiger charge is 2.63. The monoisotopic (exact) mass is 625 g/mol. The molecule has 13 nitrogen and oxygen atoms in total. The maximum Gasteiger partial charge on any atom is 0.274 e. The van der Waals surface area contributed by atoms with Gasteiger partial charge in [-0.05, 0) is 58.3 Å². The Morgan fingerprint density at radius 2 is 1.93 bits per heavy atom. The van der Waals surface area contributed by atoms with Crippen LogP contribution in [0.4, 0.5) is 8.78 Å². The predicted molar refractivity (Wildman–Crippen MR) is 148 cm³/mol. The fourth-order valence-electron chi connectivity index (χ4n) is 5.72. The third-order valence-corrected chi connectivity index (χ3v) is 11.0. The minimum atomic E-state index is -3.93. The van der Waals surface area contributed by atoms with Crippen molar-refractivity contribution in [1.29, 1.82) is 0 Å². The molecule has 0 radical (unpaired) electrons. The zero-order valence-electron chi connectivity index (χ0n) is 23.9. The van der Waals surface area contributed by atoms with Gasteiger partial charge in [0.1, 0.15) is 24.2 Å². The van der Waals surface area contributed by atoms with Crippen LogP contribution in [-0.2, 0) is 31.0 Å². The van der Waals surface area contributed by atoms with E-state index in [1.807, 2.05) is 12.2 Å². The third kappa shape index (κ3) is 6.58. The molecule has 0 spiro atoms. The summed E-state index contributed by atoms with van der Waals surface area (Å²) in [6.07, 6.45) is 7.14. The fraction of sp³-hybridized carbons (Fsp3) is 0.704.